The van der Waals surface area contributed by atoms with Gasteiger partial charge in [-0.1, -0.05) is 36.4 Å². The molecule has 1 amide bonds. The van der Waals surface area contributed by atoms with Crippen molar-refractivity contribution in [2.24, 2.45) is 10.7 Å². The number of fused-ring (bicyclic) bond motifs is 1. The average Bonchev–Trinajstić information content (AvgIpc) is 3.09. The molecular weight excluding hydrogens is 421 g/mol. The van der Waals surface area contributed by atoms with Gasteiger partial charge < -0.3 is 15.2 Å². The van der Waals surface area contributed by atoms with Crippen LogP contribution in [0.3, 0.4) is 0 Å². The van der Waals surface area contributed by atoms with Crippen molar-refractivity contribution in [3.63, 3.8) is 0 Å². The van der Waals surface area contributed by atoms with Gasteiger partial charge in [0.1, 0.15) is 17.2 Å². The predicted octanol–water partition coefficient (Wildman–Crippen LogP) is 3.56. The maximum absolute atomic E-state index is 14.7. The van der Waals surface area contributed by atoms with Crippen LogP contribution in [0, 0.1) is 5.82 Å². The highest BCUT2D eigenvalue weighted by Crippen LogP contribution is 2.51. The Labute approximate surface area is 192 Å². The molecule has 2 aromatic carbocycles. The Morgan fingerprint density at radius 3 is 2.79 bits per heavy atom. The van der Waals surface area contributed by atoms with Crippen LogP contribution in [-0.2, 0) is 21.5 Å². The van der Waals surface area contributed by atoms with Gasteiger partial charge >= 0.3 is 0 Å². The standard InChI is InChI=1S/C26H26FN3O3/c1-30-23(31)26(29-24(30)28,19-11-12-22-17(15-19)8-6-14-33-22)25(32-2)13-5-7-18(16-25)20-9-3-4-10-21(20)27/h3-5,7,9-13,15H,6,8,14,16H2,1-2H3,(H2,28,29). The summed E-state index contributed by atoms with van der Waals surface area (Å²) in [6.45, 7) is 0.672. The molecule has 0 saturated carbocycles. The molecule has 0 saturated heterocycles. The molecule has 170 valence electrons. The molecule has 5 rings (SSSR count). The van der Waals surface area contributed by atoms with E-state index in [1.165, 1.54) is 11.0 Å². The van der Waals surface area contributed by atoms with Crippen molar-refractivity contribution in [1.82, 2.24) is 4.90 Å². The first-order chi connectivity index (χ1) is 15.9. The molecule has 0 bridgehead atoms. The lowest BCUT2D eigenvalue weighted by Gasteiger charge is -2.44. The second-order valence-corrected chi connectivity index (χ2v) is 8.62. The van der Waals surface area contributed by atoms with Crippen LogP contribution in [0.4, 0.5) is 4.39 Å². The highest BCUT2D eigenvalue weighted by molar-refractivity contribution is 6.08. The van der Waals surface area contributed by atoms with Gasteiger partial charge in [0.2, 0.25) is 5.54 Å². The van der Waals surface area contributed by atoms with E-state index in [4.69, 9.17) is 20.2 Å². The van der Waals surface area contributed by atoms with Crippen molar-refractivity contribution in [2.75, 3.05) is 20.8 Å². The van der Waals surface area contributed by atoms with Crippen LogP contribution >= 0.6 is 0 Å². The molecule has 1 aliphatic carbocycles. The van der Waals surface area contributed by atoms with E-state index in [0.717, 1.165) is 24.2 Å². The second-order valence-electron chi connectivity index (χ2n) is 8.62. The van der Waals surface area contributed by atoms with Crippen LogP contribution in [0.5, 0.6) is 5.75 Å². The minimum absolute atomic E-state index is 0.112. The maximum Gasteiger partial charge on any atom is 0.265 e. The van der Waals surface area contributed by atoms with E-state index in [9.17, 15) is 9.18 Å². The summed E-state index contributed by atoms with van der Waals surface area (Å²) in [6, 6.07) is 12.3. The Balaban J connectivity index is 1.69. The summed E-state index contributed by atoms with van der Waals surface area (Å²) in [6.07, 6.45) is 7.47. The van der Waals surface area contributed by atoms with Gasteiger partial charge in [-0.3, -0.25) is 9.69 Å². The number of hydrogen-bond acceptors (Lipinski definition) is 5. The second kappa shape index (κ2) is 7.85. The molecule has 6 nitrogen and oxygen atoms in total. The summed E-state index contributed by atoms with van der Waals surface area (Å²) in [5.74, 6) is 0.300. The number of carbonyl (C=O) groups is 1. The van der Waals surface area contributed by atoms with Crippen molar-refractivity contribution < 1.29 is 18.7 Å². The maximum atomic E-state index is 14.7. The van der Waals surface area contributed by atoms with Crippen LogP contribution in [-0.4, -0.2) is 43.1 Å². The minimum Gasteiger partial charge on any atom is -0.493 e. The molecule has 2 aliphatic heterocycles. The average molecular weight is 448 g/mol. The fourth-order valence-electron chi connectivity index (χ4n) is 5.10. The van der Waals surface area contributed by atoms with Crippen molar-refractivity contribution in [3.05, 3.63) is 83.2 Å². The van der Waals surface area contributed by atoms with Crippen LogP contribution < -0.4 is 10.5 Å². The monoisotopic (exact) mass is 447 g/mol. The molecule has 0 spiro atoms. The number of guanidine groups is 1. The number of likely N-dealkylation sites (N-methyl/N-ethyl adjacent to an activating group) is 1. The summed E-state index contributed by atoms with van der Waals surface area (Å²) >= 11 is 0. The third-order valence-corrected chi connectivity index (χ3v) is 6.88. The van der Waals surface area contributed by atoms with Gasteiger partial charge in [0, 0.05) is 26.1 Å². The number of ether oxygens (including phenoxy) is 2. The van der Waals surface area contributed by atoms with E-state index in [1.807, 2.05) is 30.4 Å². The molecule has 2 atom stereocenters. The Morgan fingerprint density at radius 2 is 2.06 bits per heavy atom. The molecule has 2 heterocycles. The van der Waals surface area contributed by atoms with Crippen LogP contribution in [0.15, 0.2) is 65.7 Å². The SMILES string of the molecule is COC1(C2(c3ccc4c(c3)CCCO4)N=C(N)N(C)C2=O)C=CC=C(c2ccccc2F)C1. The lowest BCUT2D eigenvalue weighted by Crippen LogP contribution is -2.57. The molecular formula is C26H26FN3O3. The van der Waals surface area contributed by atoms with Gasteiger partial charge in [0.05, 0.1) is 6.61 Å². The van der Waals surface area contributed by atoms with Gasteiger partial charge in [0.15, 0.2) is 5.96 Å². The smallest absolute Gasteiger partial charge is 0.265 e. The number of amides is 1. The summed E-state index contributed by atoms with van der Waals surface area (Å²) < 4.78 is 26.6. The first-order valence-electron chi connectivity index (χ1n) is 11.0. The van der Waals surface area contributed by atoms with Gasteiger partial charge in [-0.25, -0.2) is 9.38 Å². The van der Waals surface area contributed by atoms with E-state index in [0.29, 0.717) is 23.3 Å². The fourth-order valence-corrected chi connectivity index (χ4v) is 5.10. The number of allylic oxidation sites excluding steroid dienone is 2. The van der Waals surface area contributed by atoms with E-state index < -0.39 is 11.1 Å². The molecule has 2 unspecified atom stereocenters. The molecule has 7 heteroatoms. The Morgan fingerprint density at radius 1 is 1.24 bits per heavy atom. The Bertz CT molecular complexity index is 1220. The van der Waals surface area contributed by atoms with Gasteiger partial charge in [-0.15, -0.1) is 0 Å². The third-order valence-electron chi connectivity index (χ3n) is 6.88. The van der Waals surface area contributed by atoms with E-state index in [1.54, 1.807) is 38.4 Å². The first-order valence-corrected chi connectivity index (χ1v) is 11.0. The van der Waals surface area contributed by atoms with Crippen molar-refractivity contribution in [2.45, 2.75) is 30.4 Å². The van der Waals surface area contributed by atoms with Crippen LogP contribution in [0.2, 0.25) is 0 Å². The molecule has 2 N–H and O–H groups in total. The number of rotatable bonds is 4. The predicted molar refractivity (Wildman–Crippen MR) is 124 cm³/mol. The molecule has 3 aliphatic rings. The zero-order chi connectivity index (χ0) is 23.2. The number of carbonyl (C=O) groups excluding carboxylic acids is 1. The van der Waals surface area contributed by atoms with E-state index >= 15 is 0 Å². The highest BCUT2D eigenvalue weighted by atomic mass is 19.1. The highest BCUT2D eigenvalue weighted by Gasteiger charge is 2.62. The Hall–Kier alpha value is -3.45. The number of aliphatic imine (C=N–C) groups is 1. The zero-order valence-corrected chi connectivity index (χ0v) is 18.7. The normalized spacial score (nSPS) is 26.5. The van der Waals surface area contributed by atoms with E-state index in [-0.39, 0.29) is 24.1 Å². The number of benzene rings is 2. The molecule has 33 heavy (non-hydrogen) atoms. The van der Waals surface area contributed by atoms with Gasteiger partial charge in [-0.05, 0) is 53.8 Å². The molecule has 2 aromatic rings. The number of nitrogens with zero attached hydrogens (tertiary/aromatic N) is 2. The molecule has 0 aromatic heterocycles. The van der Waals surface area contributed by atoms with Crippen molar-refractivity contribution in [3.8, 4) is 5.75 Å². The third kappa shape index (κ3) is 3.10. The largest absolute Gasteiger partial charge is 0.493 e. The summed E-state index contributed by atoms with van der Waals surface area (Å²) in [5.41, 5.74) is 6.38. The number of hydrogen-bond donors (Lipinski definition) is 1. The van der Waals surface area contributed by atoms with Gasteiger partial charge in [0.25, 0.3) is 5.91 Å². The van der Waals surface area contributed by atoms with Crippen molar-refractivity contribution >= 4 is 17.4 Å². The number of aryl methyl sites for hydroxylation is 1. The lowest BCUT2D eigenvalue weighted by molar-refractivity contribution is -0.140. The quantitative estimate of drug-likeness (QED) is 0.778. The topological polar surface area (TPSA) is 77.2 Å². The van der Waals surface area contributed by atoms with Gasteiger partial charge in [-0.2, -0.15) is 0 Å². The fraction of sp³-hybridized carbons (Fsp3) is 0.308. The summed E-state index contributed by atoms with van der Waals surface area (Å²) in [4.78, 5) is 20.0. The van der Waals surface area contributed by atoms with Crippen molar-refractivity contribution in [1.29, 1.82) is 0 Å². The molecule has 0 fully saturated rings. The molecule has 0 radical (unpaired) electrons. The summed E-state index contributed by atoms with van der Waals surface area (Å²) in [7, 11) is 3.16. The lowest BCUT2D eigenvalue weighted by atomic mass is 9.68. The Kier molecular flexibility index (Phi) is 5.09. The van der Waals surface area contributed by atoms with Crippen LogP contribution in [0.1, 0.15) is 29.5 Å². The first kappa shape index (κ1) is 21.4. The minimum atomic E-state index is -1.46. The number of halogens is 1. The van der Waals surface area contributed by atoms with E-state index in [2.05, 4.69) is 0 Å². The number of methoxy groups -OCH3 is 1. The zero-order valence-electron chi connectivity index (χ0n) is 18.7. The summed E-state index contributed by atoms with van der Waals surface area (Å²) in [5, 5.41) is 0. The number of nitrogens with two attached hydrogens (primary N) is 1. The van der Waals surface area contributed by atoms with Crippen LogP contribution in [0.25, 0.3) is 5.57 Å².